The van der Waals surface area contributed by atoms with Crippen LogP contribution in [0.15, 0.2) is 0 Å². The Kier molecular flexibility index (Phi) is 20.0. The summed E-state index contributed by atoms with van der Waals surface area (Å²) in [6, 6.07) is 1.14. The molecule has 0 aliphatic heterocycles. The normalized spacial score (nSPS) is 12.0. The van der Waals surface area contributed by atoms with Gasteiger partial charge in [-0.3, -0.25) is 0 Å². The lowest BCUT2D eigenvalue weighted by Crippen LogP contribution is -2.29. The molecule has 0 bridgehead atoms. The van der Waals surface area contributed by atoms with Crippen LogP contribution in [0.25, 0.3) is 0 Å². The fourth-order valence-electron chi connectivity index (χ4n) is 3.31. The second-order valence-corrected chi connectivity index (χ2v) is 10.1. The van der Waals surface area contributed by atoms with Gasteiger partial charge in [0.05, 0.1) is 0 Å². The van der Waals surface area contributed by atoms with Crippen LogP contribution < -0.4 is 0 Å². The number of hydrogen-bond acceptors (Lipinski definition) is 2. The summed E-state index contributed by atoms with van der Waals surface area (Å²) in [5.74, 6) is 0. The first-order chi connectivity index (χ1) is 12.6. The van der Waals surface area contributed by atoms with Crippen LogP contribution in [0.5, 0.6) is 0 Å². The molecule has 0 spiro atoms. The van der Waals surface area contributed by atoms with Crippen molar-refractivity contribution in [2.24, 2.45) is 0 Å². The van der Waals surface area contributed by atoms with E-state index < -0.39 is 9.28 Å². The van der Waals surface area contributed by atoms with Gasteiger partial charge in [0.25, 0.3) is 0 Å². The van der Waals surface area contributed by atoms with Gasteiger partial charge in [-0.25, -0.2) is 0 Å². The average Bonchev–Trinajstić information content (AvgIpc) is 2.57. The van der Waals surface area contributed by atoms with Crippen LogP contribution in [0, 0.1) is 0 Å². The van der Waals surface area contributed by atoms with Crippen LogP contribution in [0.2, 0.25) is 6.04 Å². The summed E-state index contributed by atoms with van der Waals surface area (Å²) in [4.78, 5) is 0. The van der Waals surface area contributed by atoms with Gasteiger partial charge in [-0.15, -0.1) is 0 Å². The van der Waals surface area contributed by atoms with Crippen molar-refractivity contribution in [3.63, 3.8) is 0 Å². The molecule has 0 heterocycles. The highest BCUT2D eigenvalue weighted by atomic mass is 28.3. The molecule has 0 fully saturated rings. The van der Waals surface area contributed by atoms with Gasteiger partial charge in [0, 0.05) is 12.2 Å². The van der Waals surface area contributed by atoms with E-state index in [1.165, 1.54) is 96.3 Å². The Hall–Kier alpha value is 0.137. The van der Waals surface area contributed by atoms with Crippen molar-refractivity contribution in [2.75, 3.05) is 0 Å². The molecule has 0 aromatic carbocycles. The van der Waals surface area contributed by atoms with Crippen molar-refractivity contribution in [1.82, 2.24) is 0 Å². The third kappa shape index (κ3) is 20.4. The zero-order valence-electron chi connectivity index (χ0n) is 18.8. The molecular weight excluding hydrogens is 336 g/mol. The second-order valence-electron chi connectivity index (χ2n) is 8.40. The van der Waals surface area contributed by atoms with E-state index in [2.05, 4.69) is 34.6 Å². The molecule has 3 heteroatoms. The lowest BCUT2D eigenvalue weighted by atomic mass is 10.0. The van der Waals surface area contributed by atoms with Crippen molar-refractivity contribution in [2.45, 2.75) is 149 Å². The Balaban J connectivity index is 3.31. The molecular formula is C23H49O2Si. The quantitative estimate of drug-likeness (QED) is 0.155. The summed E-state index contributed by atoms with van der Waals surface area (Å²) >= 11 is 0. The predicted molar refractivity (Wildman–Crippen MR) is 118 cm³/mol. The minimum atomic E-state index is -1.06. The monoisotopic (exact) mass is 385 g/mol. The molecule has 0 N–H and O–H groups in total. The second kappa shape index (κ2) is 19.9. The predicted octanol–water partition coefficient (Wildman–Crippen LogP) is 8.20. The van der Waals surface area contributed by atoms with Gasteiger partial charge in [0.15, 0.2) is 0 Å². The molecule has 0 aliphatic carbocycles. The molecule has 157 valence electrons. The van der Waals surface area contributed by atoms with E-state index in [-0.39, 0.29) is 0 Å². The number of hydrogen-bond donors (Lipinski definition) is 0. The summed E-state index contributed by atoms with van der Waals surface area (Å²) in [5.41, 5.74) is 0. The molecule has 0 rings (SSSR count). The van der Waals surface area contributed by atoms with Crippen molar-refractivity contribution < 1.29 is 8.85 Å². The van der Waals surface area contributed by atoms with Crippen molar-refractivity contribution >= 4 is 9.28 Å². The number of unbranched alkanes of at least 4 members (excludes halogenated alkanes) is 14. The van der Waals surface area contributed by atoms with Gasteiger partial charge in [-0.2, -0.15) is 0 Å². The van der Waals surface area contributed by atoms with Gasteiger partial charge in [-0.1, -0.05) is 103 Å². The maximum Gasteiger partial charge on any atom is 0.385 e. The van der Waals surface area contributed by atoms with Gasteiger partial charge in [-0.05, 0) is 33.7 Å². The van der Waals surface area contributed by atoms with Crippen molar-refractivity contribution in [1.29, 1.82) is 0 Å². The SMILES string of the molecule is CCCCCCCCCCCCCCCCC[Si](OC(C)C)OC(C)C. The van der Waals surface area contributed by atoms with E-state index in [4.69, 9.17) is 8.85 Å². The highest BCUT2D eigenvalue weighted by Gasteiger charge is 2.18. The highest BCUT2D eigenvalue weighted by Crippen LogP contribution is 2.15. The Morgan fingerprint density at radius 2 is 0.808 bits per heavy atom. The summed E-state index contributed by atoms with van der Waals surface area (Å²) in [6.07, 6.45) is 21.9. The third-order valence-corrected chi connectivity index (χ3v) is 6.95. The van der Waals surface area contributed by atoms with Crippen LogP contribution in [0.1, 0.15) is 131 Å². The molecule has 1 radical (unpaired) electrons. The molecule has 2 nitrogen and oxygen atoms in total. The Labute approximate surface area is 167 Å². The van der Waals surface area contributed by atoms with Gasteiger partial charge >= 0.3 is 9.28 Å². The first-order valence-corrected chi connectivity index (χ1v) is 13.3. The van der Waals surface area contributed by atoms with Gasteiger partial charge in [0.2, 0.25) is 0 Å². The fraction of sp³-hybridized carbons (Fsp3) is 1.00. The van der Waals surface area contributed by atoms with Crippen LogP contribution in [-0.4, -0.2) is 21.5 Å². The van der Waals surface area contributed by atoms with Gasteiger partial charge < -0.3 is 8.85 Å². The molecule has 0 atom stereocenters. The number of rotatable bonds is 20. The first-order valence-electron chi connectivity index (χ1n) is 11.7. The van der Waals surface area contributed by atoms with E-state index in [9.17, 15) is 0 Å². The van der Waals surface area contributed by atoms with Crippen LogP contribution in [-0.2, 0) is 8.85 Å². The van der Waals surface area contributed by atoms with E-state index >= 15 is 0 Å². The Bertz CT molecular complexity index is 259. The van der Waals surface area contributed by atoms with Crippen molar-refractivity contribution in [3.05, 3.63) is 0 Å². The topological polar surface area (TPSA) is 18.5 Å². The highest BCUT2D eigenvalue weighted by molar-refractivity contribution is 6.44. The van der Waals surface area contributed by atoms with Crippen LogP contribution in [0.4, 0.5) is 0 Å². The van der Waals surface area contributed by atoms with Crippen LogP contribution in [0.3, 0.4) is 0 Å². The molecule has 26 heavy (non-hydrogen) atoms. The zero-order chi connectivity index (χ0) is 19.5. The third-order valence-electron chi connectivity index (χ3n) is 4.72. The van der Waals surface area contributed by atoms with E-state index in [0.29, 0.717) is 12.2 Å². The minimum absolute atomic E-state index is 0.291. The Morgan fingerprint density at radius 3 is 1.12 bits per heavy atom. The Morgan fingerprint density at radius 1 is 0.500 bits per heavy atom. The smallest absolute Gasteiger partial charge is 0.385 e. The van der Waals surface area contributed by atoms with Crippen LogP contribution >= 0.6 is 0 Å². The molecule has 0 unspecified atom stereocenters. The van der Waals surface area contributed by atoms with Crippen molar-refractivity contribution in [3.8, 4) is 0 Å². The van der Waals surface area contributed by atoms with E-state index in [0.717, 1.165) is 6.04 Å². The van der Waals surface area contributed by atoms with E-state index in [1.807, 2.05) is 0 Å². The molecule has 0 amide bonds. The summed E-state index contributed by atoms with van der Waals surface area (Å²) in [7, 11) is -1.06. The summed E-state index contributed by atoms with van der Waals surface area (Å²) in [5, 5.41) is 0. The van der Waals surface area contributed by atoms with E-state index in [1.54, 1.807) is 0 Å². The molecule has 0 aliphatic rings. The van der Waals surface area contributed by atoms with Gasteiger partial charge in [0.1, 0.15) is 0 Å². The standard InChI is InChI=1S/C23H49O2Si/c1-6-7-8-9-10-11-12-13-14-15-16-17-18-19-20-21-26(24-22(2)3)25-23(4)5/h22-23H,6-21H2,1-5H3. The largest absolute Gasteiger partial charge is 0.391 e. The summed E-state index contributed by atoms with van der Waals surface area (Å²) < 4.78 is 11.9. The average molecular weight is 386 g/mol. The minimum Gasteiger partial charge on any atom is -0.391 e. The lowest BCUT2D eigenvalue weighted by molar-refractivity contribution is 0.129. The zero-order valence-corrected chi connectivity index (χ0v) is 19.8. The lowest BCUT2D eigenvalue weighted by Gasteiger charge is -2.20. The molecule has 0 saturated carbocycles. The fourth-order valence-corrected chi connectivity index (χ4v) is 5.19. The first kappa shape index (κ1) is 26.1. The molecule has 0 aromatic rings. The molecule has 0 saturated heterocycles. The maximum absolute atomic E-state index is 5.96. The molecule has 0 aromatic heterocycles. The summed E-state index contributed by atoms with van der Waals surface area (Å²) in [6.45, 7) is 10.7. The maximum atomic E-state index is 5.96.